The number of unbranched alkanes of at least 4 members (excludes halogenated alkanes) is 4. The van der Waals surface area contributed by atoms with Gasteiger partial charge in [0.15, 0.2) is 5.69 Å². The largest absolute Gasteiger partial charge is 0.496 e. The molecular weight excluding hydrogens is 446 g/mol. The van der Waals surface area contributed by atoms with Crippen molar-refractivity contribution in [1.29, 1.82) is 0 Å². The number of aliphatic carboxylic acids is 1. The Hall–Kier alpha value is -3.03. The summed E-state index contributed by atoms with van der Waals surface area (Å²) in [7, 11) is 3.19. The summed E-state index contributed by atoms with van der Waals surface area (Å²) in [5.41, 5.74) is 1.63. The first-order chi connectivity index (χ1) is 17.0. The van der Waals surface area contributed by atoms with Gasteiger partial charge in [-0.15, -0.1) is 0 Å². The molecule has 1 heterocycles. The number of nitrogens with one attached hydrogen (secondary N) is 1. The molecule has 1 aliphatic carbocycles. The van der Waals surface area contributed by atoms with Gasteiger partial charge in [0.2, 0.25) is 0 Å². The Morgan fingerprint density at radius 3 is 2.34 bits per heavy atom. The number of carbonyl (C=O) groups is 2. The van der Waals surface area contributed by atoms with Crippen molar-refractivity contribution in [1.82, 2.24) is 15.1 Å². The normalized spacial score (nSPS) is 14.9. The van der Waals surface area contributed by atoms with E-state index in [0.29, 0.717) is 23.7 Å². The molecule has 1 aromatic carbocycles. The van der Waals surface area contributed by atoms with E-state index in [1.54, 1.807) is 20.3 Å². The summed E-state index contributed by atoms with van der Waals surface area (Å²) in [5, 5.41) is 17.2. The summed E-state index contributed by atoms with van der Waals surface area (Å²) in [6, 6.07) is 6.34. The minimum Gasteiger partial charge on any atom is -0.496 e. The lowest BCUT2D eigenvalue weighted by molar-refractivity contribution is -0.141. The molecule has 1 atom stereocenters. The topological polar surface area (TPSA) is 103 Å². The van der Waals surface area contributed by atoms with Gasteiger partial charge in [-0.3, -0.25) is 9.48 Å². The van der Waals surface area contributed by atoms with Crippen molar-refractivity contribution in [2.24, 2.45) is 5.92 Å². The van der Waals surface area contributed by atoms with Crippen LogP contribution in [0.3, 0.4) is 0 Å². The molecule has 1 aliphatic rings. The third-order valence-electron chi connectivity index (χ3n) is 6.84. The number of carbonyl (C=O) groups excluding carboxylic acids is 1. The van der Waals surface area contributed by atoms with Crippen LogP contribution in [0.2, 0.25) is 0 Å². The average Bonchev–Trinajstić information content (AvgIpc) is 3.30. The monoisotopic (exact) mass is 485 g/mol. The summed E-state index contributed by atoms with van der Waals surface area (Å²) in [6.45, 7) is 2.82. The van der Waals surface area contributed by atoms with E-state index in [1.165, 1.54) is 12.8 Å². The standard InChI is InChI=1S/C27H39N3O5/c1-4-5-6-7-11-17-30-21(24-22(34-2)15-12-16-23(24)35-3)18-20(29-30)26(31)28-25(27(32)33)19-13-9-8-10-14-19/h12,15-16,18-19,25H,4-11,13-14,17H2,1-3H3,(H,28,31)(H,32,33). The molecule has 1 fully saturated rings. The predicted molar refractivity (Wildman–Crippen MR) is 135 cm³/mol. The van der Waals surface area contributed by atoms with Gasteiger partial charge in [-0.2, -0.15) is 5.10 Å². The van der Waals surface area contributed by atoms with Crippen molar-refractivity contribution in [2.45, 2.75) is 83.7 Å². The number of ether oxygens (including phenoxy) is 2. The molecule has 2 aromatic rings. The van der Waals surface area contributed by atoms with Gasteiger partial charge in [-0.1, -0.05) is 57.9 Å². The lowest BCUT2D eigenvalue weighted by Crippen LogP contribution is -2.46. The third-order valence-corrected chi connectivity index (χ3v) is 6.84. The summed E-state index contributed by atoms with van der Waals surface area (Å²) in [5.74, 6) is -0.280. The molecule has 1 amide bonds. The van der Waals surface area contributed by atoms with Crippen LogP contribution in [0.4, 0.5) is 0 Å². The van der Waals surface area contributed by atoms with Gasteiger partial charge in [0.1, 0.15) is 17.5 Å². The summed E-state index contributed by atoms with van der Waals surface area (Å²) in [6.07, 6.45) is 10.2. The van der Waals surface area contributed by atoms with Crippen LogP contribution in [-0.4, -0.2) is 47.0 Å². The van der Waals surface area contributed by atoms with E-state index < -0.39 is 17.9 Å². The Bertz CT molecular complexity index is 959. The molecule has 0 radical (unpaired) electrons. The van der Waals surface area contributed by atoms with Crippen LogP contribution in [0.5, 0.6) is 11.5 Å². The molecule has 0 saturated heterocycles. The fourth-order valence-corrected chi connectivity index (χ4v) is 4.93. The fourth-order valence-electron chi connectivity index (χ4n) is 4.93. The Kier molecular flexibility index (Phi) is 9.99. The quantitative estimate of drug-likeness (QED) is 0.373. The molecule has 3 rings (SSSR count). The van der Waals surface area contributed by atoms with E-state index >= 15 is 0 Å². The number of carboxylic acid groups (broad SMARTS) is 1. The van der Waals surface area contributed by atoms with Gasteiger partial charge in [-0.05, 0) is 43.4 Å². The van der Waals surface area contributed by atoms with Crippen molar-refractivity contribution >= 4 is 11.9 Å². The maximum Gasteiger partial charge on any atom is 0.326 e. The highest BCUT2D eigenvalue weighted by atomic mass is 16.5. The second kappa shape index (κ2) is 13.2. The van der Waals surface area contributed by atoms with Crippen LogP contribution in [0.15, 0.2) is 24.3 Å². The molecule has 8 nitrogen and oxygen atoms in total. The van der Waals surface area contributed by atoms with Crippen molar-refractivity contribution in [3.05, 3.63) is 30.0 Å². The van der Waals surface area contributed by atoms with Crippen molar-refractivity contribution in [3.63, 3.8) is 0 Å². The van der Waals surface area contributed by atoms with Gasteiger partial charge in [-0.25, -0.2) is 4.79 Å². The van der Waals surface area contributed by atoms with E-state index in [-0.39, 0.29) is 11.6 Å². The number of aromatic nitrogens is 2. The van der Waals surface area contributed by atoms with Crippen LogP contribution in [0.25, 0.3) is 11.3 Å². The minimum atomic E-state index is -0.993. The summed E-state index contributed by atoms with van der Waals surface area (Å²) < 4.78 is 13.0. The number of nitrogens with zero attached hydrogens (tertiary/aromatic N) is 2. The van der Waals surface area contributed by atoms with Crippen LogP contribution in [-0.2, 0) is 11.3 Å². The van der Waals surface area contributed by atoms with E-state index in [2.05, 4.69) is 17.3 Å². The molecule has 0 spiro atoms. The van der Waals surface area contributed by atoms with Crippen LogP contribution in [0, 0.1) is 5.92 Å². The first-order valence-electron chi connectivity index (χ1n) is 12.8. The summed E-state index contributed by atoms with van der Waals surface area (Å²) >= 11 is 0. The Morgan fingerprint density at radius 2 is 1.74 bits per heavy atom. The Balaban J connectivity index is 1.91. The van der Waals surface area contributed by atoms with Gasteiger partial charge < -0.3 is 19.9 Å². The molecule has 192 valence electrons. The zero-order valence-corrected chi connectivity index (χ0v) is 21.2. The van der Waals surface area contributed by atoms with Gasteiger partial charge in [0, 0.05) is 6.54 Å². The number of rotatable bonds is 13. The number of amides is 1. The van der Waals surface area contributed by atoms with Gasteiger partial charge >= 0.3 is 5.97 Å². The Morgan fingerprint density at radius 1 is 1.09 bits per heavy atom. The molecule has 0 bridgehead atoms. The molecule has 1 aromatic heterocycles. The van der Waals surface area contributed by atoms with E-state index in [4.69, 9.17) is 9.47 Å². The smallest absolute Gasteiger partial charge is 0.326 e. The highest BCUT2D eigenvalue weighted by Crippen LogP contribution is 2.39. The van der Waals surface area contributed by atoms with Gasteiger partial charge in [0.25, 0.3) is 5.91 Å². The van der Waals surface area contributed by atoms with E-state index in [1.807, 2.05) is 22.9 Å². The molecule has 0 aliphatic heterocycles. The predicted octanol–water partition coefficient (Wildman–Crippen LogP) is 5.30. The van der Waals surface area contributed by atoms with Crippen LogP contribution >= 0.6 is 0 Å². The maximum atomic E-state index is 13.2. The number of benzene rings is 1. The second-order valence-corrected chi connectivity index (χ2v) is 9.28. The van der Waals surface area contributed by atoms with Crippen molar-refractivity contribution in [2.75, 3.05) is 14.2 Å². The number of aryl methyl sites for hydroxylation is 1. The maximum absolute atomic E-state index is 13.2. The molecule has 35 heavy (non-hydrogen) atoms. The molecule has 2 N–H and O–H groups in total. The highest BCUT2D eigenvalue weighted by molar-refractivity contribution is 5.96. The number of hydrogen-bond donors (Lipinski definition) is 2. The number of hydrogen-bond acceptors (Lipinski definition) is 5. The first-order valence-corrected chi connectivity index (χ1v) is 12.8. The molecular formula is C27H39N3O5. The lowest BCUT2D eigenvalue weighted by Gasteiger charge is -2.27. The third kappa shape index (κ3) is 6.77. The number of carboxylic acids is 1. The molecule has 1 saturated carbocycles. The van der Waals surface area contributed by atoms with E-state index in [0.717, 1.165) is 56.9 Å². The first kappa shape index (κ1) is 26.6. The van der Waals surface area contributed by atoms with Crippen LogP contribution in [0.1, 0.15) is 81.6 Å². The van der Waals surface area contributed by atoms with Crippen LogP contribution < -0.4 is 14.8 Å². The molecule has 1 unspecified atom stereocenters. The average molecular weight is 486 g/mol. The Labute approximate surface area is 208 Å². The van der Waals surface area contributed by atoms with Gasteiger partial charge in [0.05, 0.1) is 25.5 Å². The zero-order chi connectivity index (χ0) is 25.2. The fraction of sp³-hybridized carbons (Fsp3) is 0.593. The minimum absolute atomic E-state index is 0.0559. The lowest BCUT2D eigenvalue weighted by atomic mass is 9.84. The zero-order valence-electron chi connectivity index (χ0n) is 21.2. The summed E-state index contributed by atoms with van der Waals surface area (Å²) in [4.78, 5) is 25.2. The second-order valence-electron chi connectivity index (χ2n) is 9.28. The number of methoxy groups -OCH3 is 2. The van der Waals surface area contributed by atoms with Crippen molar-refractivity contribution < 1.29 is 24.2 Å². The van der Waals surface area contributed by atoms with Crippen molar-refractivity contribution in [3.8, 4) is 22.8 Å². The molecule has 8 heteroatoms. The SMILES string of the molecule is CCCCCCCn1nc(C(=O)NC(C(=O)O)C2CCCCC2)cc1-c1c(OC)cccc1OC. The highest BCUT2D eigenvalue weighted by Gasteiger charge is 2.32. The van der Waals surface area contributed by atoms with E-state index in [9.17, 15) is 14.7 Å².